The van der Waals surface area contributed by atoms with Crippen LogP contribution in [-0.2, 0) is 11.3 Å². The lowest BCUT2D eigenvalue weighted by Gasteiger charge is -2.26. The number of aromatic nitrogens is 3. The number of hydrogen-bond donors (Lipinski definition) is 1. The van der Waals surface area contributed by atoms with Gasteiger partial charge in [-0.25, -0.2) is 4.79 Å². The molecule has 0 spiro atoms. The fourth-order valence-corrected chi connectivity index (χ4v) is 3.88. The number of rotatable bonds is 7. The van der Waals surface area contributed by atoms with E-state index in [2.05, 4.69) is 15.3 Å². The molecule has 4 rings (SSSR count). The first-order valence-corrected chi connectivity index (χ1v) is 11.4. The average molecular weight is 484 g/mol. The lowest BCUT2D eigenvalue weighted by molar-refractivity contribution is 0.0383. The van der Waals surface area contributed by atoms with E-state index in [0.717, 1.165) is 27.9 Å². The van der Waals surface area contributed by atoms with E-state index in [-0.39, 0.29) is 12.2 Å². The smallest absolute Gasteiger partial charge is 0.352 e. The van der Waals surface area contributed by atoms with Gasteiger partial charge in [-0.15, -0.1) is 0 Å². The molecule has 0 aliphatic carbocycles. The lowest BCUT2D eigenvalue weighted by atomic mass is 10.2. The van der Waals surface area contributed by atoms with Crippen molar-refractivity contribution in [3.8, 4) is 5.69 Å². The molecule has 0 unspecified atom stereocenters. The van der Waals surface area contributed by atoms with Crippen LogP contribution in [0.5, 0.6) is 0 Å². The first-order valence-electron chi connectivity index (χ1n) is 11.1. The highest BCUT2D eigenvalue weighted by Gasteiger charge is 2.21. The van der Waals surface area contributed by atoms with Crippen LogP contribution in [0.2, 0.25) is 5.02 Å². The van der Waals surface area contributed by atoms with Crippen LogP contribution < -0.4 is 16.6 Å². The minimum absolute atomic E-state index is 0.0836. The summed E-state index contributed by atoms with van der Waals surface area (Å²) in [7, 11) is 0. The highest BCUT2D eigenvalue weighted by molar-refractivity contribution is 6.31. The Morgan fingerprint density at radius 1 is 1.09 bits per heavy atom. The molecule has 1 N–H and O–H groups in total. The molecule has 9 nitrogen and oxygen atoms in total. The normalized spacial score (nSPS) is 14.2. The maximum atomic E-state index is 13.3. The number of ether oxygens (including phenoxy) is 1. The number of aryl methyl sites for hydroxylation is 1. The van der Waals surface area contributed by atoms with Crippen molar-refractivity contribution in [2.45, 2.75) is 13.5 Å². The van der Waals surface area contributed by atoms with Gasteiger partial charge in [0, 0.05) is 31.2 Å². The van der Waals surface area contributed by atoms with E-state index in [1.165, 1.54) is 0 Å². The van der Waals surface area contributed by atoms with Crippen LogP contribution in [0.4, 0.5) is 0 Å². The van der Waals surface area contributed by atoms with Crippen molar-refractivity contribution >= 4 is 17.5 Å². The zero-order valence-corrected chi connectivity index (χ0v) is 19.6. The summed E-state index contributed by atoms with van der Waals surface area (Å²) < 4.78 is 7.40. The molecule has 1 aliphatic heterocycles. The standard InChI is InChI=1S/C24H26ClN5O4/c1-17-6-8-19(9-7-17)30-24(33)29(16-18-4-2-3-5-20(18)25)23(32)21(27-30)22(31)26-10-11-28-12-14-34-15-13-28/h2-9H,10-16H2,1H3,(H,26,31). The summed E-state index contributed by atoms with van der Waals surface area (Å²) >= 11 is 6.27. The third kappa shape index (κ3) is 5.44. The summed E-state index contributed by atoms with van der Waals surface area (Å²) in [5.41, 5.74) is 0.266. The Hall–Kier alpha value is -3.27. The summed E-state index contributed by atoms with van der Waals surface area (Å²) in [4.78, 5) is 41.6. The Bertz CT molecular complexity index is 1280. The highest BCUT2D eigenvalue weighted by Crippen LogP contribution is 2.15. The number of nitrogens with zero attached hydrogens (tertiary/aromatic N) is 4. The fourth-order valence-electron chi connectivity index (χ4n) is 3.68. The van der Waals surface area contributed by atoms with Crippen molar-refractivity contribution < 1.29 is 9.53 Å². The van der Waals surface area contributed by atoms with Crippen LogP contribution >= 0.6 is 11.6 Å². The molecule has 10 heteroatoms. The molecule has 3 aromatic rings. The third-order valence-electron chi connectivity index (χ3n) is 5.66. The molecule has 1 amide bonds. The number of amides is 1. The molecule has 1 saturated heterocycles. The molecule has 1 aliphatic rings. The van der Waals surface area contributed by atoms with Crippen LogP contribution in [0.1, 0.15) is 21.6 Å². The minimum Gasteiger partial charge on any atom is -0.379 e. The quantitative estimate of drug-likeness (QED) is 0.546. The number of halogens is 1. The predicted molar refractivity (Wildman–Crippen MR) is 129 cm³/mol. The third-order valence-corrected chi connectivity index (χ3v) is 6.03. The first kappa shape index (κ1) is 23.9. The Labute approximate surface area is 201 Å². The van der Waals surface area contributed by atoms with Crippen molar-refractivity contribution in [2.75, 3.05) is 39.4 Å². The molecule has 34 heavy (non-hydrogen) atoms. The van der Waals surface area contributed by atoms with Gasteiger partial charge in [0.05, 0.1) is 25.4 Å². The molecule has 178 valence electrons. The summed E-state index contributed by atoms with van der Waals surface area (Å²) in [5.74, 6) is -0.632. The largest absolute Gasteiger partial charge is 0.379 e. The van der Waals surface area contributed by atoms with E-state index in [1.54, 1.807) is 36.4 Å². The number of nitrogens with one attached hydrogen (secondary N) is 1. The van der Waals surface area contributed by atoms with E-state index in [0.29, 0.717) is 42.6 Å². The maximum absolute atomic E-state index is 13.3. The van der Waals surface area contributed by atoms with Crippen LogP contribution in [0.3, 0.4) is 0 Å². The van der Waals surface area contributed by atoms with E-state index >= 15 is 0 Å². The van der Waals surface area contributed by atoms with Gasteiger partial charge in [0.2, 0.25) is 5.69 Å². The number of carbonyl (C=O) groups excluding carboxylic acids is 1. The SMILES string of the molecule is Cc1ccc(-n2nc(C(=O)NCCN3CCOCC3)c(=O)n(Cc3ccccc3Cl)c2=O)cc1. The van der Waals surface area contributed by atoms with Crippen LogP contribution in [0.25, 0.3) is 5.69 Å². The minimum atomic E-state index is -0.767. The van der Waals surface area contributed by atoms with E-state index in [9.17, 15) is 14.4 Å². The van der Waals surface area contributed by atoms with Crippen molar-refractivity contribution in [1.82, 2.24) is 24.6 Å². The van der Waals surface area contributed by atoms with Crippen molar-refractivity contribution in [3.05, 3.63) is 91.2 Å². The second kappa shape index (κ2) is 10.8. The Morgan fingerprint density at radius 3 is 2.50 bits per heavy atom. The van der Waals surface area contributed by atoms with Crippen molar-refractivity contribution in [1.29, 1.82) is 0 Å². The molecule has 0 saturated carbocycles. The topological polar surface area (TPSA) is 98.5 Å². The monoisotopic (exact) mass is 483 g/mol. The molecule has 2 heterocycles. The van der Waals surface area contributed by atoms with E-state index < -0.39 is 17.2 Å². The molecule has 2 aromatic carbocycles. The average Bonchev–Trinajstić information content (AvgIpc) is 2.84. The molecule has 1 fully saturated rings. The summed E-state index contributed by atoms with van der Waals surface area (Å²) in [6, 6.07) is 14.0. The fraction of sp³-hybridized carbons (Fsp3) is 0.333. The van der Waals surface area contributed by atoms with Gasteiger partial charge in [-0.05, 0) is 30.7 Å². The number of morpholine rings is 1. The second-order valence-corrected chi connectivity index (χ2v) is 8.48. The summed E-state index contributed by atoms with van der Waals surface area (Å²) in [6.45, 7) is 5.70. The van der Waals surface area contributed by atoms with Gasteiger partial charge in [0.15, 0.2) is 0 Å². The van der Waals surface area contributed by atoms with Crippen molar-refractivity contribution in [3.63, 3.8) is 0 Å². The van der Waals surface area contributed by atoms with Gasteiger partial charge < -0.3 is 10.1 Å². The van der Waals surface area contributed by atoms with Gasteiger partial charge in [0.25, 0.3) is 11.5 Å². The molecule has 0 atom stereocenters. The number of carbonyl (C=O) groups is 1. The zero-order chi connectivity index (χ0) is 24.1. The highest BCUT2D eigenvalue weighted by atomic mass is 35.5. The summed E-state index contributed by atoms with van der Waals surface area (Å²) in [6.07, 6.45) is 0. The van der Waals surface area contributed by atoms with E-state index in [4.69, 9.17) is 16.3 Å². The molecular weight excluding hydrogens is 458 g/mol. The molecule has 1 aromatic heterocycles. The zero-order valence-electron chi connectivity index (χ0n) is 18.9. The lowest BCUT2D eigenvalue weighted by Crippen LogP contribution is -2.47. The predicted octanol–water partition coefficient (Wildman–Crippen LogP) is 1.47. The van der Waals surface area contributed by atoms with Crippen LogP contribution in [-0.4, -0.2) is 64.5 Å². The molecule has 0 bridgehead atoms. The Balaban J connectivity index is 1.68. The van der Waals surface area contributed by atoms with Gasteiger partial charge in [-0.1, -0.05) is 47.5 Å². The molecule has 0 radical (unpaired) electrons. The number of benzene rings is 2. The Kier molecular flexibility index (Phi) is 7.56. The van der Waals surface area contributed by atoms with Crippen LogP contribution in [0, 0.1) is 6.92 Å². The molecular formula is C24H26ClN5O4. The van der Waals surface area contributed by atoms with Crippen LogP contribution in [0.15, 0.2) is 58.1 Å². The maximum Gasteiger partial charge on any atom is 0.352 e. The number of hydrogen-bond acceptors (Lipinski definition) is 6. The second-order valence-electron chi connectivity index (χ2n) is 8.07. The van der Waals surface area contributed by atoms with Gasteiger partial charge in [0.1, 0.15) is 0 Å². The van der Waals surface area contributed by atoms with Gasteiger partial charge in [-0.2, -0.15) is 9.78 Å². The van der Waals surface area contributed by atoms with Crippen molar-refractivity contribution in [2.24, 2.45) is 0 Å². The van der Waals surface area contributed by atoms with Gasteiger partial charge in [-0.3, -0.25) is 19.1 Å². The van der Waals surface area contributed by atoms with Gasteiger partial charge >= 0.3 is 5.69 Å². The first-order chi connectivity index (χ1) is 16.4. The van der Waals surface area contributed by atoms with E-state index in [1.807, 2.05) is 19.1 Å². The Morgan fingerprint density at radius 2 is 1.79 bits per heavy atom. The summed E-state index contributed by atoms with van der Waals surface area (Å²) in [5, 5.41) is 7.33.